The normalized spacial score (nSPS) is 14.0. The number of benzene rings is 2. The van der Waals surface area contributed by atoms with E-state index in [9.17, 15) is 14.4 Å². The number of oxazole rings is 1. The molecule has 0 radical (unpaired) electrons. The van der Waals surface area contributed by atoms with Crippen molar-refractivity contribution in [3.05, 3.63) is 83.6 Å². The molecule has 0 unspecified atom stereocenters. The van der Waals surface area contributed by atoms with Gasteiger partial charge in [0, 0.05) is 17.2 Å². The molecule has 1 atom stereocenters. The van der Waals surface area contributed by atoms with E-state index in [2.05, 4.69) is 10.3 Å². The van der Waals surface area contributed by atoms with Crippen molar-refractivity contribution in [1.29, 1.82) is 0 Å². The molecule has 1 N–H and O–H groups in total. The minimum Gasteiger partial charge on any atom is -0.446 e. The molecule has 4 rings (SSSR count). The number of aromatic nitrogens is 1. The van der Waals surface area contributed by atoms with Crippen molar-refractivity contribution in [2.45, 2.75) is 24.8 Å². The molecule has 8 heteroatoms. The fraction of sp³-hybridized carbons (Fsp3) is 0.250. The SMILES string of the molecule is CC(C)[C@@H](c1nc(C(=O)NCCSc2ccccc2)co1)N1C(=O)c2ccccc2C1=O. The van der Waals surface area contributed by atoms with Crippen molar-refractivity contribution >= 4 is 29.5 Å². The summed E-state index contributed by atoms with van der Waals surface area (Å²) in [6.45, 7) is 4.21. The first-order valence-corrected chi connectivity index (χ1v) is 11.3. The highest BCUT2D eigenvalue weighted by molar-refractivity contribution is 7.99. The van der Waals surface area contributed by atoms with E-state index in [1.54, 1.807) is 36.0 Å². The molecule has 164 valence electrons. The standard InChI is InChI=1S/C24H23N3O4S/c1-15(2)20(27-23(29)17-10-6-7-11-18(17)24(27)30)22-26-19(14-31-22)21(28)25-12-13-32-16-8-4-3-5-9-16/h3-11,14-15,20H,12-13H2,1-2H3,(H,25,28)/t20-/m0/s1. The molecule has 0 saturated carbocycles. The molecule has 3 aromatic rings. The number of fused-ring (bicyclic) bond motifs is 1. The summed E-state index contributed by atoms with van der Waals surface area (Å²) >= 11 is 1.64. The van der Waals surface area contributed by atoms with E-state index in [1.807, 2.05) is 44.2 Å². The molecule has 32 heavy (non-hydrogen) atoms. The minimum atomic E-state index is -0.711. The predicted octanol–water partition coefficient (Wildman–Crippen LogP) is 4.19. The van der Waals surface area contributed by atoms with Crippen LogP contribution in [0, 0.1) is 5.92 Å². The van der Waals surface area contributed by atoms with Gasteiger partial charge in [-0.3, -0.25) is 19.3 Å². The number of carbonyl (C=O) groups excluding carboxylic acids is 3. The number of amides is 3. The molecule has 7 nitrogen and oxygen atoms in total. The average Bonchev–Trinajstić information content (AvgIpc) is 3.37. The monoisotopic (exact) mass is 449 g/mol. The topological polar surface area (TPSA) is 92.5 Å². The zero-order valence-electron chi connectivity index (χ0n) is 17.8. The van der Waals surface area contributed by atoms with Gasteiger partial charge in [-0.15, -0.1) is 11.8 Å². The van der Waals surface area contributed by atoms with Crippen molar-refractivity contribution in [2.24, 2.45) is 5.92 Å². The first-order chi connectivity index (χ1) is 15.5. The van der Waals surface area contributed by atoms with Crippen LogP contribution in [-0.2, 0) is 0 Å². The van der Waals surface area contributed by atoms with Gasteiger partial charge in [-0.1, -0.05) is 44.2 Å². The Morgan fingerprint density at radius 2 is 1.66 bits per heavy atom. The average molecular weight is 450 g/mol. The second-order valence-electron chi connectivity index (χ2n) is 7.70. The molecule has 3 amide bonds. The summed E-state index contributed by atoms with van der Waals surface area (Å²) in [4.78, 5) is 44.9. The van der Waals surface area contributed by atoms with Crippen molar-refractivity contribution < 1.29 is 18.8 Å². The van der Waals surface area contributed by atoms with Gasteiger partial charge < -0.3 is 9.73 Å². The van der Waals surface area contributed by atoms with Crippen LogP contribution in [0.3, 0.4) is 0 Å². The Hall–Kier alpha value is -3.39. The lowest BCUT2D eigenvalue weighted by atomic mass is 10.0. The summed E-state index contributed by atoms with van der Waals surface area (Å²) in [6, 6.07) is 15.9. The second-order valence-corrected chi connectivity index (χ2v) is 8.87. The van der Waals surface area contributed by atoms with E-state index < -0.39 is 6.04 Å². The van der Waals surface area contributed by atoms with Crippen molar-refractivity contribution in [3.8, 4) is 0 Å². The van der Waals surface area contributed by atoms with Crippen LogP contribution in [0.25, 0.3) is 0 Å². The van der Waals surface area contributed by atoms with Crippen LogP contribution in [0.2, 0.25) is 0 Å². The summed E-state index contributed by atoms with van der Waals surface area (Å²) in [7, 11) is 0. The third-order valence-corrected chi connectivity index (χ3v) is 6.16. The molecule has 1 aliphatic rings. The summed E-state index contributed by atoms with van der Waals surface area (Å²) in [5, 5.41) is 2.82. The molecule has 2 aromatic carbocycles. The van der Waals surface area contributed by atoms with Gasteiger partial charge in [-0.05, 0) is 30.2 Å². The van der Waals surface area contributed by atoms with E-state index in [-0.39, 0.29) is 35.2 Å². The first kappa shape index (κ1) is 21.8. The van der Waals surface area contributed by atoms with Gasteiger partial charge in [0.15, 0.2) is 5.69 Å². The van der Waals surface area contributed by atoms with E-state index >= 15 is 0 Å². The van der Waals surface area contributed by atoms with Crippen LogP contribution < -0.4 is 5.32 Å². The van der Waals surface area contributed by atoms with Crippen molar-refractivity contribution in [3.63, 3.8) is 0 Å². The van der Waals surface area contributed by atoms with Crippen LogP contribution in [0.1, 0.15) is 57.0 Å². The summed E-state index contributed by atoms with van der Waals surface area (Å²) in [5.74, 6) is -0.409. The quantitative estimate of drug-likeness (QED) is 0.315. The molecule has 0 aliphatic carbocycles. The zero-order chi connectivity index (χ0) is 22.7. The Morgan fingerprint density at radius 1 is 1.03 bits per heavy atom. The Balaban J connectivity index is 1.43. The van der Waals surface area contributed by atoms with Gasteiger partial charge in [0.05, 0.1) is 11.1 Å². The van der Waals surface area contributed by atoms with Crippen molar-refractivity contribution in [1.82, 2.24) is 15.2 Å². The highest BCUT2D eigenvalue weighted by Crippen LogP contribution is 2.35. The number of hydrogen-bond acceptors (Lipinski definition) is 6. The number of hydrogen-bond donors (Lipinski definition) is 1. The van der Waals surface area contributed by atoms with Crippen molar-refractivity contribution in [2.75, 3.05) is 12.3 Å². The van der Waals surface area contributed by atoms with E-state index in [0.717, 1.165) is 4.90 Å². The van der Waals surface area contributed by atoms with Crippen LogP contribution in [-0.4, -0.2) is 39.9 Å². The Morgan fingerprint density at radius 3 is 2.28 bits per heavy atom. The first-order valence-electron chi connectivity index (χ1n) is 10.4. The van der Waals surface area contributed by atoms with Gasteiger partial charge in [0.2, 0.25) is 5.89 Å². The molecule has 1 aromatic heterocycles. The molecule has 0 bridgehead atoms. The van der Waals surface area contributed by atoms with Gasteiger partial charge in [-0.2, -0.15) is 0 Å². The predicted molar refractivity (Wildman–Crippen MR) is 121 cm³/mol. The van der Waals surface area contributed by atoms with Crippen LogP contribution in [0.4, 0.5) is 0 Å². The Bertz CT molecular complexity index is 1110. The number of rotatable bonds is 8. The van der Waals surface area contributed by atoms with E-state index in [0.29, 0.717) is 23.4 Å². The molecular weight excluding hydrogens is 426 g/mol. The highest BCUT2D eigenvalue weighted by Gasteiger charge is 2.43. The zero-order valence-corrected chi connectivity index (χ0v) is 18.6. The number of imide groups is 1. The summed E-state index contributed by atoms with van der Waals surface area (Å²) < 4.78 is 5.57. The molecule has 2 heterocycles. The largest absolute Gasteiger partial charge is 0.446 e. The van der Waals surface area contributed by atoms with Crippen LogP contribution >= 0.6 is 11.8 Å². The lowest BCUT2D eigenvalue weighted by molar-refractivity contribution is 0.0505. The number of thioether (sulfide) groups is 1. The molecule has 1 aliphatic heterocycles. The summed E-state index contributed by atoms with van der Waals surface area (Å²) in [5.41, 5.74) is 0.846. The molecule has 0 fully saturated rings. The molecule has 0 saturated heterocycles. The minimum absolute atomic E-state index is 0.118. The highest BCUT2D eigenvalue weighted by atomic mass is 32.2. The maximum absolute atomic E-state index is 12.9. The smallest absolute Gasteiger partial charge is 0.273 e. The number of nitrogens with one attached hydrogen (secondary N) is 1. The maximum atomic E-state index is 12.9. The third-order valence-electron chi connectivity index (χ3n) is 5.14. The lowest BCUT2D eigenvalue weighted by Gasteiger charge is -2.26. The fourth-order valence-corrected chi connectivity index (χ4v) is 4.41. The van der Waals surface area contributed by atoms with Gasteiger partial charge in [0.25, 0.3) is 17.7 Å². The van der Waals surface area contributed by atoms with Gasteiger partial charge in [-0.25, -0.2) is 4.98 Å². The molecular formula is C24H23N3O4S. The number of nitrogens with zero attached hydrogens (tertiary/aromatic N) is 2. The van der Waals surface area contributed by atoms with Gasteiger partial charge >= 0.3 is 0 Å². The number of carbonyl (C=O) groups is 3. The Kier molecular flexibility index (Phi) is 6.41. The van der Waals surface area contributed by atoms with Crippen LogP contribution in [0.5, 0.6) is 0 Å². The summed E-state index contributed by atoms with van der Waals surface area (Å²) in [6.07, 6.45) is 1.27. The van der Waals surface area contributed by atoms with E-state index in [1.165, 1.54) is 11.2 Å². The Labute approximate surface area is 190 Å². The van der Waals surface area contributed by atoms with Crippen LogP contribution in [0.15, 0.2) is 70.2 Å². The molecule has 0 spiro atoms. The fourth-order valence-electron chi connectivity index (χ4n) is 3.62. The lowest BCUT2D eigenvalue weighted by Crippen LogP contribution is -2.37. The van der Waals surface area contributed by atoms with E-state index in [4.69, 9.17) is 4.42 Å². The second kappa shape index (κ2) is 9.40. The maximum Gasteiger partial charge on any atom is 0.273 e. The van der Waals surface area contributed by atoms with Gasteiger partial charge in [0.1, 0.15) is 12.3 Å². The third kappa shape index (κ3) is 4.31.